The average Bonchev–Trinajstić information content (AvgIpc) is 3.25. The summed E-state index contributed by atoms with van der Waals surface area (Å²) in [6.07, 6.45) is -0.451. The van der Waals surface area contributed by atoms with E-state index in [1.807, 2.05) is 42.5 Å². The van der Waals surface area contributed by atoms with Crippen molar-refractivity contribution in [2.45, 2.75) is 25.5 Å². The predicted octanol–water partition coefficient (Wildman–Crippen LogP) is 2.15. The van der Waals surface area contributed by atoms with Gasteiger partial charge in [-0.25, -0.2) is 4.98 Å². The molecule has 0 aliphatic carbocycles. The molecule has 0 unspecified atom stereocenters. The number of aromatic nitrogens is 2. The number of aliphatic hydroxyl groups is 1. The van der Waals surface area contributed by atoms with Crippen LogP contribution in [0.4, 0.5) is 5.69 Å². The number of benzene rings is 2. The second-order valence-corrected chi connectivity index (χ2v) is 6.71. The van der Waals surface area contributed by atoms with Crippen LogP contribution in [0.1, 0.15) is 13.3 Å². The molecule has 1 aliphatic heterocycles. The molecule has 0 spiro atoms. The molecule has 2 atom stereocenters. The molecule has 0 bridgehead atoms. The van der Waals surface area contributed by atoms with Gasteiger partial charge >= 0.3 is 0 Å². The van der Waals surface area contributed by atoms with Gasteiger partial charge in [0.05, 0.1) is 22.8 Å². The molecule has 1 aromatic heterocycles. The SMILES string of the molecule is CC(=O)N1C[C@H](O)C[C@@H]1C(=O)Nc1ccccc1-c1nc2ccccc2[nH]1. The van der Waals surface area contributed by atoms with E-state index in [0.717, 1.165) is 16.6 Å². The molecule has 2 heterocycles. The summed E-state index contributed by atoms with van der Waals surface area (Å²) >= 11 is 0. The van der Waals surface area contributed by atoms with Gasteiger partial charge in [-0.3, -0.25) is 9.59 Å². The van der Waals surface area contributed by atoms with E-state index in [9.17, 15) is 14.7 Å². The zero-order chi connectivity index (χ0) is 19.0. The van der Waals surface area contributed by atoms with Gasteiger partial charge in [0, 0.05) is 25.5 Å². The third-order valence-corrected chi connectivity index (χ3v) is 4.82. The second-order valence-electron chi connectivity index (χ2n) is 6.71. The normalized spacial score (nSPS) is 19.4. The van der Waals surface area contributed by atoms with Crippen molar-refractivity contribution < 1.29 is 14.7 Å². The number of aliphatic hydroxyl groups excluding tert-OH is 1. The molecule has 1 aliphatic rings. The van der Waals surface area contributed by atoms with Crippen molar-refractivity contribution in [1.82, 2.24) is 14.9 Å². The molecule has 1 fully saturated rings. The third-order valence-electron chi connectivity index (χ3n) is 4.82. The minimum atomic E-state index is -0.685. The van der Waals surface area contributed by atoms with Gasteiger partial charge in [0.1, 0.15) is 11.9 Å². The number of carbonyl (C=O) groups is 2. The van der Waals surface area contributed by atoms with E-state index < -0.39 is 12.1 Å². The summed E-state index contributed by atoms with van der Waals surface area (Å²) in [6, 6.07) is 14.4. The number of nitrogens with zero attached hydrogens (tertiary/aromatic N) is 2. The van der Waals surface area contributed by atoms with Crippen LogP contribution in [-0.4, -0.2) is 50.5 Å². The fourth-order valence-electron chi connectivity index (χ4n) is 3.51. The van der Waals surface area contributed by atoms with Crippen molar-refractivity contribution in [3.05, 3.63) is 48.5 Å². The molecule has 0 radical (unpaired) electrons. The van der Waals surface area contributed by atoms with Gasteiger partial charge in [-0.15, -0.1) is 0 Å². The van der Waals surface area contributed by atoms with E-state index >= 15 is 0 Å². The van der Waals surface area contributed by atoms with Gasteiger partial charge in [0.15, 0.2) is 0 Å². The Bertz CT molecular complexity index is 980. The molecule has 1 saturated heterocycles. The summed E-state index contributed by atoms with van der Waals surface area (Å²) in [5.41, 5.74) is 3.12. The summed E-state index contributed by atoms with van der Waals surface area (Å²) in [5.74, 6) is 0.115. The van der Waals surface area contributed by atoms with Crippen LogP contribution >= 0.6 is 0 Å². The van der Waals surface area contributed by atoms with Crippen LogP contribution in [0.2, 0.25) is 0 Å². The number of amides is 2. The Morgan fingerprint density at radius 3 is 2.70 bits per heavy atom. The van der Waals surface area contributed by atoms with Crippen LogP contribution in [0, 0.1) is 0 Å². The van der Waals surface area contributed by atoms with E-state index in [-0.39, 0.29) is 24.8 Å². The largest absolute Gasteiger partial charge is 0.391 e. The van der Waals surface area contributed by atoms with E-state index in [2.05, 4.69) is 15.3 Å². The highest BCUT2D eigenvalue weighted by Crippen LogP contribution is 2.28. The number of H-pyrrole nitrogens is 1. The third kappa shape index (κ3) is 3.29. The number of carbonyl (C=O) groups excluding carboxylic acids is 2. The molecule has 3 aromatic rings. The van der Waals surface area contributed by atoms with Crippen molar-refractivity contribution in [2.75, 3.05) is 11.9 Å². The van der Waals surface area contributed by atoms with E-state index in [1.165, 1.54) is 11.8 Å². The number of imidazole rings is 1. The number of hydrogen-bond acceptors (Lipinski definition) is 4. The first-order chi connectivity index (χ1) is 13.0. The Balaban J connectivity index is 1.63. The molecule has 27 heavy (non-hydrogen) atoms. The topological polar surface area (TPSA) is 98.3 Å². The lowest BCUT2D eigenvalue weighted by molar-refractivity contribution is -0.134. The maximum absolute atomic E-state index is 12.8. The van der Waals surface area contributed by atoms with E-state index in [0.29, 0.717) is 11.5 Å². The zero-order valence-corrected chi connectivity index (χ0v) is 14.8. The van der Waals surface area contributed by atoms with Gasteiger partial charge in [-0.1, -0.05) is 24.3 Å². The molecule has 138 valence electrons. The highest BCUT2D eigenvalue weighted by Gasteiger charge is 2.37. The number of para-hydroxylation sites is 3. The maximum atomic E-state index is 12.8. The Labute approximate surface area is 156 Å². The number of nitrogens with one attached hydrogen (secondary N) is 2. The molecule has 0 saturated carbocycles. The van der Waals surface area contributed by atoms with Crippen LogP contribution in [0.5, 0.6) is 0 Å². The molecule has 7 heteroatoms. The summed E-state index contributed by atoms with van der Waals surface area (Å²) in [6.45, 7) is 1.58. The summed E-state index contributed by atoms with van der Waals surface area (Å²) < 4.78 is 0. The highest BCUT2D eigenvalue weighted by atomic mass is 16.3. The average molecular weight is 364 g/mol. The van der Waals surface area contributed by atoms with Crippen LogP contribution < -0.4 is 5.32 Å². The maximum Gasteiger partial charge on any atom is 0.247 e. The Hall–Kier alpha value is -3.19. The van der Waals surface area contributed by atoms with Crippen LogP contribution in [-0.2, 0) is 9.59 Å². The van der Waals surface area contributed by atoms with Crippen molar-refractivity contribution in [1.29, 1.82) is 0 Å². The summed E-state index contributed by atoms with van der Waals surface area (Å²) in [4.78, 5) is 33.8. The number of hydrogen-bond donors (Lipinski definition) is 3. The molecular weight excluding hydrogens is 344 g/mol. The fraction of sp³-hybridized carbons (Fsp3) is 0.250. The predicted molar refractivity (Wildman–Crippen MR) is 102 cm³/mol. The molecule has 4 rings (SSSR count). The Morgan fingerprint density at radius 1 is 1.19 bits per heavy atom. The first kappa shape index (κ1) is 17.2. The van der Waals surface area contributed by atoms with Gasteiger partial charge < -0.3 is 20.3 Å². The van der Waals surface area contributed by atoms with Gasteiger partial charge in [-0.05, 0) is 24.3 Å². The highest BCUT2D eigenvalue weighted by molar-refractivity contribution is 6.00. The molecule has 2 amide bonds. The number of anilines is 1. The molecule has 7 nitrogen and oxygen atoms in total. The summed E-state index contributed by atoms with van der Waals surface area (Å²) in [5, 5.41) is 12.8. The van der Waals surface area contributed by atoms with Gasteiger partial charge in [-0.2, -0.15) is 0 Å². The van der Waals surface area contributed by atoms with Crippen LogP contribution in [0.15, 0.2) is 48.5 Å². The lowest BCUT2D eigenvalue weighted by Gasteiger charge is -2.22. The minimum Gasteiger partial charge on any atom is -0.391 e. The number of β-amino-alcohol motifs (C(OH)–C–C–N with tert-alkyl or cyclic N) is 1. The quantitative estimate of drug-likeness (QED) is 0.663. The second kappa shape index (κ2) is 6.85. The number of aromatic amines is 1. The zero-order valence-electron chi connectivity index (χ0n) is 14.8. The lowest BCUT2D eigenvalue weighted by Crippen LogP contribution is -2.42. The van der Waals surface area contributed by atoms with Crippen molar-refractivity contribution in [2.24, 2.45) is 0 Å². The molecule has 3 N–H and O–H groups in total. The van der Waals surface area contributed by atoms with E-state index in [1.54, 1.807) is 6.07 Å². The smallest absolute Gasteiger partial charge is 0.247 e. The monoisotopic (exact) mass is 364 g/mol. The van der Waals surface area contributed by atoms with Gasteiger partial charge in [0.25, 0.3) is 0 Å². The Kier molecular flexibility index (Phi) is 4.37. The molecular formula is C20H20N4O3. The van der Waals surface area contributed by atoms with Crippen LogP contribution in [0.3, 0.4) is 0 Å². The lowest BCUT2D eigenvalue weighted by atomic mass is 10.1. The van der Waals surface area contributed by atoms with Gasteiger partial charge in [0.2, 0.25) is 11.8 Å². The number of likely N-dealkylation sites (tertiary alicyclic amines) is 1. The van der Waals surface area contributed by atoms with E-state index in [4.69, 9.17) is 0 Å². The summed E-state index contributed by atoms with van der Waals surface area (Å²) in [7, 11) is 0. The van der Waals surface area contributed by atoms with Crippen molar-refractivity contribution in [3.8, 4) is 11.4 Å². The number of rotatable bonds is 3. The first-order valence-electron chi connectivity index (χ1n) is 8.83. The van der Waals surface area contributed by atoms with Crippen molar-refractivity contribution in [3.63, 3.8) is 0 Å². The van der Waals surface area contributed by atoms with Crippen molar-refractivity contribution >= 4 is 28.5 Å². The first-order valence-corrected chi connectivity index (χ1v) is 8.83. The van der Waals surface area contributed by atoms with Crippen LogP contribution in [0.25, 0.3) is 22.4 Å². The Morgan fingerprint density at radius 2 is 1.93 bits per heavy atom. The number of fused-ring (bicyclic) bond motifs is 1. The standard InChI is InChI=1S/C20H20N4O3/c1-12(25)24-11-13(26)10-18(24)20(27)23-15-7-3-2-6-14(15)19-21-16-8-4-5-9-17(16)22-19/h2-9,13,18,26H,10-11H2,1H3,(H,21,22)(H,23,27)/t13-,18-/m1/s1. The minimum absolute atomic E-state index is 0.179. The fourth-order valence-corrected chi connectivity index (χ4v) is 3.51. The molecule has 2 aromatic carbocycles.